The smallest absolute Gasteiger partial charge is 0.269 e. The Kier molecular flexibility index (Phi) is 4.82. The topological polar surface area (TPSA) is 75.9 Å². The maximum atomic E-state index is 12.8. The first-order valence-electron chi connectivity index (χ1n) is 8.38. The first kappa shape index (κ1) is 16.9. The SMILES string of the molecule is C[C@H]1COC[C@H](C)N1CC(=O)N1CCCc2cc([N+](=O)[O-])ccc21. The molecule has 2 aliphatic heterocycles. The van der Waals surface area contributed by atoms with Crippen LogP contribution in [0.4, 0.5) is 11.4 Å². The van der Waals surface area contributed by atoms with E-state index in [0.29, 0.717) is 26.3 Å². The summed E-state index contributed by atoms with van der Waals surface area (Å²) in [6, 6.07) is 5.19. The lowest BCUT2D eigenvalue weighted by atomic mass is 10.0. The van der Waals surface area contributed by atoms with Gasteiger partial charge in [-0.25, -0.2) is 0 Å². The van der Waals surface area contributed by atoms with E-state index in [4.69, 9.17) is 4.74 Å². The van der Waals surface area contributed by atoms with Crippen molar-refractivity contribution < 1.29 is 14.5 Å². The molecule has 1 aromatic rings. The molecule has 3 rings (SSSR count). The van der Waals surface area contributed by atoms with Crippen LogP contribution in [0, 0.1) is 10.1 Å². The van der Waals surface area contributed by atoms with Crippen molar-refractivity contribution in [1.29, 1.82) is 0 Å². The maximum absolute atomic E-state index is 12.8. The zero-order valence-corrected chi connectivity index (χ0v) is 14.1. The predicted octanol–water partition coefficient (Wildman–Crippen LogP) is 1.98. The number of benzene rings is 1. The van der Waals surface area contributed by atoms with Crippen LogP contribution in [0.1, 0.15) is 25.8 Å². The van der Waals surface area contributed by atoms with E-state index >= 15 is 0 Å². The fraction of sp³-hybridized carbons (Fsp3) is 0.588. The molecule has 0 aliphatic carbocycles. The number of fused-ring (bicyclic) bond motifs is 1. The Morgan fingerprint density at radius 2 is 2.04 bits per heavy atom. The zero-order chi connectivity index (χ0) is 17.3. The summed E-state index contributed by atoms with van der Waals surface area (Å²) in [5.74, 6) is 0.0467. The van der Waals surface area contributed by atoms with E-state index in [1.807, 2.05) is 0 Å². The van der Waals surface area contributed by atoms with Gasteiger partial charge in [-0.1, -0.05) is 0 Å². The van der Waals surface area contributed by atoms with Gasteiger partial charge in [0.05, 0.1) is 24.7 Å². The van der Waals surface area contributed by atoms with Crippen LogP contribution in [0.5, 0.6) is 0 Å². The second-order valence-electron chi connectivity index (χ2n) is 6.63. The number of nitro benzene ring substituents is 1. The lowest BCUT2D eigenvalue weighted by Gasteiger charge is -2.39. The molecular weight excluding hydrogens is 310 g/mol. The van der Waals surface area contributed by atoms with Gasteiger partial charge in [0, 0.05) is 36.4 Å². The fourth-order valence-electron chi connectivity index (χ4n) is 3.54. The van der Waals surface area contributed by atoms with Crippen molar-refractivity contribution in [3.05, 3.63) is 33.9 Å². The van der Waals surface area contributed by atoms with Gasteiger partial charge in [0.25, 0.3) is 5.69 Å². The standard InChI is InChI=1S/C17H23N3O4/c1-12-10-24-11-13(2)19(12)9-17(21)18-7-3-4-14-8-15(20(22)23)5-6-16(14)18/h5-6,8,12-13H,3-4,7,9-11H2,1-2H3/t12-,13-/m0/s1. The summed E-state index contributed by atoms with van der Waals surface area (Å²) in [6.07, 6.45) is 1.60. The van der Waals surface area contributed by atoms with Crippen molar-refractivity contribution in [3.8, 4) is 0 Å². The lowest BCUT2D eigenvalue weighted by Crippen LogP contribution is -2.54. The van der Waals surface area contributed by atoms with Crippen molar-refractivity contribution in [2.75, 3.05) is 31.2 Å². The van der Waals surface area contributed by atoms with Gasteiger partial charge in [-0.2, -0.15) is 0 Å². The summed E-state index contributed by atoms with van der Waals surface area (Å²) in [6.45, 7) is 6.42. The largest absolute Gasteiger partial charge is 0.378 e. The average Bonchev–Trinajstić information content (AvgIpc) is 2.57. The second-order valence-corrected chi connectivity index (χ2v) is 6.63. The first-order chi connectivity index (χ1) is 11.5. The van der Waals surface area contributed by atoms with Gasteiger partial charge in [-0.3, -0.25) is 19.8 Å². The molecule has 24 heavy (non-hydrogen) atoms. The fourth-order valence-corrected chi connectivity index (χ4v) is 3.54. The van der Waals surface area contributed by atoms with Gasteiger partial charge in [-0.05, 0) is 38.3 Å². The molecule has 7 heteroatoms. The lowest BCUT2D eigenvalue weighted by molar-refractivity contribution is -0.384. The molecule has 1 fully saturated rings. The normalized spacial score (nSPS) is 24.5. The minimum Gasteiger partial charge on any atom is -0.378 e. The number of nitro groups is 1. The number of non-ortho nitro benzene ring substituents is 1. The predicted molar refractivity (Wildman–Crippen MR) is 90.2 cm³/mol. The molecular formula is C17H23N3O4. The van der Waals surface area contributed by atoms with Crippen LogP contribution in [0.3, 0.4) is 0 Å². The van der Waals surface area contributed by atoms with Gasteiger partial charge >= 0.3 is 0 Å². The minimum absolute atomic E-state index is 0.0467. The summed E-state index contributed by atoms with van der Waals surface area (Å²) >= 11 is 0. The maximum Gasteiger partial charge on any atom is 0.269 e. The van der Waals surface area contributed by atoms with E-state index in [2.05, 4.69) is 18.7 Å². The van der Waals surface area contributed by atoms with E-state index in [1.165, 1.54) is 6.07 Å². The molecule has 0 radical (unpaired) electrons. The van der Waals surface area contributed by atoms with Crippen molar-refractivity contribution in [2.45, 2.75) is 38.8 Å². The van der Waals surface area contributed by atoms with Crippen LogP contribution in [-0.2, 0) is 16.0 Å². The molecule has 0 aromatic heterocycles. The minimum atomic E-state index is -0.391. The Morgan fingerprint density at radius 1 is 1.33 bits per heavy atom. The number of morpholine rings is 1. The van der Waals surface area contributed by atoms with Gasteiger partial charge in [-0.15, -0.1) is 0 Å². The van der Waals surface area contributed by atoms with Crippen molar-refractivity contribution in [2.24, 2.45) is 0 Å². The molecule has 0 saturated carbocycles. The van der Waals surface area contributed by atoms with E-state index < -0.39 is 4.92 Å². The van der Waals surface area contributed by atoms with E-state index in [1.54, 1.807) is 17.0 Å². The third-order valence-corrected chi connectivity index (χ3v) is 4.86. The number of carbonyl (C=O) groups excluding carboxylic acids is 1. The zero-order valence-electron chi connectivity index (χ0n) is 14.1. The molecule has 0 spiro atoms. The highest BCUT2D eigenvalue weighted by Gasteiger charge is 2.31. The number of hydrogen-bond donors (Lipinski definition) is 0. The number of nitrogens with zero attached hydrogens (tertiary/aromatic N) is 3. The van der Waals surface area contributed by atoms with E-state index in [-0.39, 0.29) is 23.7 Å². The molecule has 7 nitrogen and oxygen atoms in total. The quantitative estimate of drug-likeness (QED) is 0.624. The highest BCUT2D eigenvalue weighted by molar-refractivity contribution is 5.96. The van der Waals surface area contributed by atoms with Crippen molar-refractivity contribution >= 4 is 17.3 Å². The Hall–Kier alpha value is -1.99. The van der Waals surface area contributed by atoms with Gasteiger partial charge < -0.3 is 9.64 Å². The number of amides is 1. The summed E-state index contributed by atoms with van der Waals surface area (Å²) in [4.78, 5) is 27.3. The molecule has 1 saturated heterocycles. The number of carbonyl (C=O) groups is 1. The van der Waals surface area contributed by atoms with Crippen LogP contribution in [0.15, 0.2) is 18.2 Å². The third-order valence-electron chi connectivity index (χ3n) is 4.86. The van der Waals surface area contributed by atoms with Crippen LogP contribution in [-0.4, -0.2) is 54.1 Å². The van der Waals surface area contributed by atoms with Crippen LogP contribution in [0.2, 0.25) is 0 Å². The molecule has 130 valence electrons. The van der Waals surface area contributed by atoms with Gasteiger partial charge in [0.1, 0.15) is 0 Å². The average molecular weight is 333 g/mol. The van der Waals surface area contributed by atoms with Crippen LogP contribution >= 0.6 is 0 Å². The number of rotatable bonds is 3. The Bertz CT molecular complexity index is 639. The highest BCUT2D eigenvalue weighted by atomic mass is 16.6. The molecule has 1 amide bonds. The monoisotopic (exact) mass is 333 g/mol. The number of anilines is 1. The molecule has 0 unspecified atom stereocenters. The van der Waals surface area contributed by atoms with E-state index in [9.17, 15) is 14.9 Å². The molecule has 2 heterocycles. The van der Waals surface area contributed by atoms with Gasteiger partial charge in [0.2, 0.25) is 5.91 Å². The molecule has 2 aliphatic rings. The number of ether oxygens (including phenoxy) is 1. The van der Waals surface area contributed by atoms with Gasteiger partial charge in [0.15, 0.2) is 0 Å². The Balaban J connectivity index is 1.78. The number of aryl methyl sites for hydroxylation is 1. The van der Waals surface area contributed by atoms with E-state index in [0.717, 1.165) is 24.1 Å². The summed E-state index contributed by atoms with van der Waals surface area (Å²) < 4.78 is 5.51. The summed E-state index contributed by atoms with van der Waals surface area (Å²) in [5, 5.41) is 10.9. The molecule has 1 aromatic carbocycles. The molecule has 0 bridgehead atoms. The summed E-state index contributed by atoms with van der Waals surface area (Å²) in [5.41, 5.74) is 1.77. The summed E-state index contributed by atoms with van der Waals surface area (Å²) in [7, 11) is 0. The van der Waals surface area contributed by atoms with Crippen LogP contribution < -0.4 is 4.90 Å². The molecule has 2 atom stereocenters. The van der Waals surface area contributed by atoms with Crippen molar-refractivity contribution in [1.82, 2.24) is 4.90 Å². The number of hydrogen-bond acceptors (Lipinski definition) is 5. The second kappa shape index (κ2) is 6.86. The highest BCUT2D eigenvalue weighted by Crippen LogP contribution is 2.30. The molecule has 0 N–H and O–H groups in total. The van der Waals surface area contributed by atoms with Crippen LogP contribution in [0.25, 0.3) is 0 Å². The third kappa shape index (κ3) is 3.27. The van der Waals surface area contributed by atoms with Crippen molar-refractivity contribution in [3.63, 3.8) is 0 Å². The Morgan fingerprint density at radius 3 is 2.71 bits per heavy atom. The Labute approximate surface area is 141 Å². The first-order valence-corrected chi connectivity index (χ1v) is 8.38.